The van der Waals surface area contributed by atoms with Crippen LogP contribution in [-0.4, -0.2) is 4.57 Å². The van der Waals surface area contributed by atoms with E-state index in [0.717, 1.165) is 4.47 Å². The number of hydrogen-bond acceptors (Lipinski definition) is 0. The Morgan fingerprint density at radius 2 is 1.55 bits per heavy atom. The molecule has 1 heterocycles. The largest absolute Gasteiger partial charge is 0.309 e. The first-order chi connectivity index (χ1) is 10.8. The highest BCUT2D eigenvalue weighted by molar-refractivity contribution is 9.10. The smallest absolute Gasteiger partial charge is 0.0541 e. The minimum absolute atomic E-state index is 1.13. The second-order valence-corrected chi connectivity index (χ2v) is 6.88. The second kappa shape index (κ2) is 4.47. The molecule has 1 aliphatic carbocycles. The van der Waals surface area contributed by atoms with Crippen molar-refractivity contribution in [3.05, 3.63) is 76.3 Å². The van der Waals surface area contributed by atoms with Gasteiger partial charge in [0.05, 0.1) is 11.0 Å². The van der Waals surface area contributed by atoms with E-state index >= 15 is 0 Å². The molecule has 5 rings (SSSR count). The van der Waals surface area contributed by atoms with Gasteiger partial charge < -0.3 is 4.57 Å². The first-order valence-corrected chi connectivity index (χ1v) is 8.41. The highest BCUT2D eigenvalue weighted by Crippen LogP contribution is 2.35. The normalized spacial score (nSPS) is 13.3. The van der Waals surface area contributed by atoms with E-state index in [-0.39, 0.29) is 0 Å². The van der Waals surface area contributed by atoms with Gasteiger partial charge in [0.2, 0.25) is 0 Å². The molecule has 0 aliphatic heterocycles. The number of para-hydroxylation sites is 1. The summed E-state index contributed by atoms with van der Waals surface area (Å²) in [5.74, 6) is 0. The van der Waals surface area contributed by atoms with Crippen LogP contribution in [0.1, 0.15) is 11.1 Å². The molecule has 22 heavy (non-hydrogen) atoms. The molecule has 0 spiro atoms. The minimum atomic E-state index is 1.13. The van der Waals surface area contributed by atoms with E-state index in [9.17, 15) is 0 Å². The van der Waals surface area contributed by atoms with Gasteiger partial charge in [-0.05, 0) is 60.4 Å². The number of aromatic nitrogens is 1. The fourth-order valence-corrected chi connectivity index (χ4v) is 3.90. The third kappa shape index (κ3) is 1.65. The average Bonchev–Trinajstić information content (AvgIpc) is 2.83. The molecule has 1 aromatic heterocycles. The molecule has 4 aromatic rings. The van der Waals surface area contributed by atoms with Crippen LogP contribution in [-0.2, 0) is 12.8 Å². The Morgan fingerprint density at radius 1 is 0.727 bits per heavy atom. The predicted octanol–water partition coefficient (Wildman–Crippen LogP) is 5.64. The van der Waals surface area contributed by atoms with Crippen molar-refractivity contribution in [2.75, 3.05) is 0 Å². The van der Waals surface area contributed by atoms with Crippen LogP contribution in [0.2, 0.25) is 0 Å². The van der Waals surface area contributed by atoms with Gasteiger partial charge in [0.1, 0.15) is 0 Å². The van der Waals surface area contributed by atoms with Crippen LogP contribution < -0.4 is 0 Å². The summed E-state index contributed by atoms with van der Waals surface area (Å²) in [6, 6.07) is 22.1. The number of hydrogen-bond donors (Lipinski definition) is 0. The second-order valence-electron chi connectivity index (χ2n) is 5.97. The van der Waals surface area contributed by atoms with Gasteiger partial charge >= 0.3 is 0 Å². The van der Waals surface area contributed by atoms with E-state index in [0.29, 0.717) is 0 Å². The molecular formula is C20H14BrN. The molecule has 2 heteroatoms. The van der Waals surface area contributed by atoms with E-state index in [1.165, 1.54) is 51.5 Å². The fourth-order valence-electron chi connectivity index (χ4n) is 3.54. The van der Waals surface area contributed by atoms with Crippen molar-refractivity contribution in [3.63, 3.8) is 0 Å². The maximum atomic E-state index is 3.60. The van der Waals surface area contributed by atoms with Crippen molar-refractivity contribution in [2.45, 2.75) is 12.8 Å². The van der Waals surface area contributed by atoms with Gasteiger partial charge in [-0.3, -0.25) is 0 Å². The molecule has 0 saturated carbocycles. The van der Waals surface area contributed by atoms with Crippen LogP contribution >= 0.6 is 15.9 Å². The third-order valence-electron chi connectivity index (χ3n) is 4.75. The van der Waals surface area contributed by atoms with E-state index < -0.39 is 0 Å². The summed E-state index contributed by atoms with van der Waals surface area (Å²) in [7, 11) is 0. The lowest BCUT2D eigenvalue weighted by molar-refractivity contribution is 0.836. The van der Waals surface area contributed by atoms with Crippen molar-refractivity contribution in [1.82, 2.24) is 4.57 Å². The first kappa shape index (κ1) is 12.5. The van der Waals surface area contributed by atoms with Crippen molar-refractivity contribution >= 4 is 37.7 Å². The quantitative estimate of drug-likeness (QED) is 0.419. The van der Waals surface area contributed by atoms with Gasteiger partial charge in [-0.15, -0.1) is 0 Å². The average molecular weight is 348 g/mol. The molecule has 0 N–H and O–H groups in total. The third-order valence-corrected chi connectivity index (χ3v) is 5.24. The summed E-state index contributed by atoms with van der Waals surface area (Å²) in [5, 5.41) is 2.61. The van der Waals surface area contributed by atoms with Gasteiger partial charge in [-0.25, -0.2) is 0 Å². The zero-order chi connectivity index (χ0) is 14.7. The summed E-state index contributed by atoms with van der Waals surface area (Å²) in [6.07, 6.45) is 2.45. The summed E-state index contributed by atoms with van der Waals surface area (Å²) >= 11 is 3.60. The standard InChI is InChI=1S/C20H14BrN/c21-15-8-10-20-18(12-15)17-3-1-2-4-19(17)22(20)16-9-7-13-5-6-14(13)11-16/h1-4,7-12H,5-6H2. The van der Waals surface area contributed by atoms with Crippen molar-refractivity contribution in [1.29, 1.82) is 0 Å². The number of halogens is 1. The van der Waals surface area contributed by atoms with Gasteiger partial charge in [0.15, 0.2) is 0 Å². The Morgan fingerprint density at radius 3 is 2.36 bits per heavy atom. The van der Waals surface area contributed by atoms with Crippen LogP contribution in [0.25, 0.3) is 27.5 Å². The molecule has 0 amide bonds. The lowest BCUT2D eigenvalue weighted by Crippen LogP contribution is -2.09. The topological polar surface area (TPSA) is 4.93 Å². The Kier molecular flexibility index (Phi) is 2.53. The number of nitrogens with zero attached hydrogens (tertiary/aromatic N) is 1. The van der Waals surface area contributed by atoms with Gasteiger partial charge in [0.25, 0.3) is 0 Å². The first-order valence-electron chi connectivity index (χ1n) is 7.62. The van der Waals surface area contributed by atoms with Crippen molar-refractivity contribution in [3.8, 4) is 5.69 Å². The number of rotatable bonds is 1. The molecule has 0 atom stereocenters. The molecule has 0 fully saturated rings. The lowest BCUT2D eigenvalue weighted by Gasteiger charge is -2.20. The summed E-state index contributed by atoms with van der Waals surface area (Å²) in [6.45, 7) is 0. The zero-order valence-electron chi connectivity index (χ0n) is 12.0. The molecule has 3 aromatic carbocycles. The van der Waals surface area contributed by atoms with Crippen molar-refractivity contribution in [2.24, 2.45) is 0 Å². The summed E-state index contributed by atoms with van der Waals surface area (Å²) in [4.78, 5) is 0. The molecule has 0 saturated heterocycles. The van der Waals surface area contributed by atoms with Crippen LogP contribution in [0.5, 0.6) is 0 Å². The SMILES string of the molecule is Brc1ccc2c(c1)c1ccccc1n2-c1ccc2c(c1)CC2. The Labute approximate surface area is 137 Å². The van der Waals surface area contributed by atoms with E-state index in [1.54, 1.807) is 0 Å². The molecule has 0 radical (unpaired) electrons. The molecule has 0 unspecified atom stereocenters. The summed E-state index contributed by atoms with van der Waals surface area (Å²) < 4.78 is 3.51. The monoisotopic (exact) mass is 347 g/mol. The number of fused-ring (bicyclic) bond motifs is 4. The molecule has 0 bridgehead atoms. The van der Waals surface area contributed by atoms with Crippen LogP contribution in [0.15, 0.2) is 65.1 Å². The highest BCUT2D eigenvalue weighted by Gasteiger charge is 2.16. The fraction of sp³-hybridized carbons (Fsp3) is 0.100. The number of aryl methyl sites for hydroxylation is 2. The van der Waals surface area contributed by atoms with Gasteiger partial charge in [-0.1, -0.05) is 40.2 Å². The van der Waals surface area contributed by atoms with Crippen LogP contribution in [0.3, 0.4) is 0 Å². The molecular weight excluding hydrogens is 334 g/mol. The molecule has 1 nitrogen and oxygen atoms in total. The lowest BCUT2D eigenvalue weighted by atomic mass is 9.88. The van der Waals surface area contributed by atoms with Crippen molar-refractivity contribution < 1.29 is 0 Å². The maximum absolute atomic E-state index is 3.60. The Balaban J connectivity index is 1.93. The van der Waals surface area contributed by atoms with E-state index in [4.69, 9.17) is 0 Å². The van der Waals surface area contributed by atoms with Gasteiger partial charge in [0, 0.05) is 20.9 Å². The maximum Gasteiger partial charge on any atom is 0.0541 e. The zero-order valence-corrected chi connectivity index (χ0v) is 13.6. The highest BCUT2D eigenvalue weighted by atomic mass is 79.9. The summed E-state index contributed by atoms with van der Waals surface area (Å²) in [5.41, 5.74) is 6.82. The van der Waals surface area contributed by atoms with E-state index in [1.807, 2.05) is 0 Å². The Bertz CT molecular complexity index is 1040. The van der Waals surface area contributed by atoms with Crippen LogP contribution in [0, 0.1) is 0 Å². The molecule has 106 valence electrons. The van der Waals surface area contributed by atoms with Gasteiger partial charge in [-0.2, -0.15) is 0 Å². The number of benzene rings is 3. The predicted molar refractivity (Wildman–Crippen MR) is 95.9 cm³/mol. The van der Waals surface area contributed by atoms with Crippen LogP contribution in [0.4, 0.5) is 0 Å². The molecule has 1 aliphatic rings. The van der Waals surface area contributed by atoms with E-state index in [2.05, 4.69) is 81.2 Å². The minimum Gasteiger partial charge on any atom is -0.309 e. The Hall–Kier alpha value is -2.06.